The number of hydrogen-bond acceptors (Lipinski definition) is 2. The van der Waals surface area contributed by atoms with Gasteiger partial charge in [0.25, 0.3) is 0 Å². The summed E-state index contributed by atoms with van der Waals surface area (Å²) in [5, 5.41) is 6.36. The molecule has 2 aliphatic rings. The molecule has 2 N–H and O–H groups in total. The van der Waals surface area contributed by atoms with E-state index >= 15 is 0 Å². The van der Waals surface area contributed by atoms with Crippen molar-refractivity contribution in [2.45, 2.75) is 32.7 Å². The van der Waals surface area contributed by atoms with Gasteiger partial charge in [-0.2, -0.15) is 0 Å². The first-order valence-corrected chi connectivity index (χ1v) is 5.68. The summed E-state index contributed by atoms with van der Waals surface area (Å²) in [6, 6.07) is 0.0834. The minimum Gasteiger partial charge on any atom is -0.333 e. The minimum absolute atomic E-state index is 0.0834. The quantitative estimate of drug-likeness (QED) is 0.622. The molecule has 2 fully saturated rings. The molecule has 15 heavy (non-hydrogen) atoms. The Bertz CT molecular complexity index is 255. The lowest BCUT2D eigenvalue weighted by Gasteiger charge is -2.48. The molecule has 0 aliphatic carbocycles. The van der Waals surface area contributed by atoms with Crippen LogP contribution in [0.2, 0.25) is 0 Å². The largest absolute Gasteiger partial charge is 0.333 e. The first-order valence-electron chi connectivity index (χ1n) is 5.68. The molecule has 2 saturated heterocycles. The van der Waals surface area contributed by atoms with Crippen molar-refractivity contribution in [1.29, 1.82) is 0 Å². The van der Waals surface area contributed by atoms with Crippen LogP contribution >= 0.6 is 0 Å². The number of hydrogen-bond donors (Lipinski definition) is 2. The predicted octanol–water partition coefficient (Wildman–Crippen LogP) is 0.790. The Morgan fingerprint density at radius 3 is 2.53 bits per heavy atom. The Hall–Kier alpha value is -0.770. The van der Waals surface area contributed by atoms with Gasteiger partial charge in [0.2, 0.25) is 0 Å². The molecule has 0 radical (unpaired) electrons. The van der Waals surface area contributed by atoms with Gasteiger partial charge in [-0.3, -0.25) is 0 Å². The molecule has 2 amide bonds. The van der Waals surface area contributed by atoms with Crippen molar-refractivity contribution in [3.05, 3.63) is 0 Å². The molecular weight excluding hydrogens is 190 g/mol. The van der Waals surface area contributed by atoms with Crippen molar-refractivity contribution < 1.29 is 4.79 Å². The zero-order valence-corrected chi connectivity index (χ0v) is 9.89. The number of nitrogens with zero attached hydrogens (tertiary/aromatic N) is 1. The third-order valence-corrected chi connectivity index (χ3v) is 3.15. The lowest BCUT2D eigenvalue weighted by Crippen LogP contribution is -2.63. The Balaban J connectivity index is 1.81. The molecular formula is C11H21N3O. The van der Waals surface area contributed by atoms with Crippen LogP contribution in [-0.2, 0) is 0 Å². The number of rotatable bonds is 0. The van der Waals surface area contributed by atoms with Crippen LogP contribution in [0.15, 0.2) is 0 Å². The van der Waals surface area contributed by atoms with E-state index in [0.717, 1.165) is 26.2 Å². The molecule has 0 atom stereocenters. The van der Waals surface area contributed by atoms with Crippen LogP contribution in [0, 0.1) is 5.41 Å². The summed E-state index contributed by atoms with van der Waals surface area (Å²) in [7, 11) is 0. The number of carbonyl (C=O) groups is 1. The Labute approximate surface area is 91.4 Å². The Kier molecular flexibility index (Phi) is 2.41. The van der Waals surface area contributed by atoms with Gasteiger partial charge < -0.3 is 15.5 Å². The van der Waals surface area contributed by atoms with Crippen LogP contribution in [0.25, 0.3) is 0 Å². The summed E-state index contributed by atoms with van der Waals surface area (Å²) < 4.78 is 0. The van der Waals surface area contributed by atoms with Gasteiger partial charge in [0.1, 0.15) is 0 Å². The first kappa shape index (κ1) is 10.7. The van der Waals surface area contributed by atoms with Crippen molar-refractivity contribution in [2.24, 2.45) is 5.41 Å². The second-order valence-corrected chi connectivity index (χ2v) is 5.96. The summed E-state index contributed by atoms with van der Waals surface area (Å²) in [6.07, 6.45) is 1.21. The molecule has 4 nitrogen and oxygen atoms in total. The number of carbonyl (C=O) groups excluding carboxylic acids is 1. The summed E-state index contributed by atoms with van der Waals surface area (Å²) in [5.41, 5.74) is 0.267. The lowest BCUT2D eigenvalue weighted by molar-refractivity contribution is 0.0451. The third-order valence-electron chi connectivity index (χ3n) is 3.15. The van der Waals surface area contributed by atoms with E-state index in [4.69, 9.17) is 0 Å². The second kappa shape index (κ2) is 3.37. The predicted molar refractivity (Wildman–Crippen MR) is 59.8 cm³/mol. The van der Waals surface area contributed by atoms with Gasteiger partial charge >= 0.3 is 6.03 Å². The molecule has 0 bridgehead atoms. The highest BCUT2D eigenvalue weighted by Crippen LogP contribution is 2.35. The zero-order chi connectivity index (χ0) is 11.1. The molecule has 86 valence electrons. The first-order chi connectivity index (χ1) is 6.90. The topological polar surface area (TPSA) is 44.4 Å². The van der Waals surface area contributed by atoms with Crippen molar-refractivity contribution in [2.75, 3.05) is 26.2 Å². The molecule has 2 rings (SSSR count). The molecule has 0 unspecified atom stereocenters. The fraction of sp³-hybridized carbons (Fsp3) is 0.909. The highest BCUT2D eigenvalue weighted by atomic mass is 16.2. The van der Waals surface area contributed by atoms with Gasteiger partial charge in [0, 0.05) is 30.6 Å². The van der Waals surface area contributed by atoms with E-state index in [-0.39, 0.29) is 11.6 Å². The molecule has 1 spiro atoms. The fourth-order valence-corrected chi connectivity index (χ4v) is 2.37. The van der Waals surface area contributed by atoms with E-state index in [1.54, 1.807) is 0 Å². The molecule has 2 aliphatic heterocycles. The molecule has 0 aromatic heterocycles. The molecule has 0 saturated carbocycles. The van der Waals surface area contributed by atoms with Gasteiger partial charge in [-0.05, 0) is 33.7 Å². The Morgan fingerprint density at radius 2 is 2.07 bits per heavy atom. The summed E-state index contributed by atoms with van der Waals surface area (Å²) in [6.45, 7) is 10.1. The lowest BCUT2D eigenvalue weighted by atomic mass is 9.79. The standard InChI is InChI=1S/C11H21N3O/c1-10(2,3)13-9(15)14-7-11(8-14)4-5-12-6-11/h12H,4-8H2,1-3H3,(H,13,15). The number of urea groups is 1. The van der Waals surface area contributed by atoms with Crippen LogP contribution in [0.1, 0.15) is 27.2 Å². The smallest absolute Gasteiger partial charge is 0.317 e. The summed E-state index contributed by atoms with van der Waals surface area (Å²) in [4.78, 5) is 13.7. The van der Waals surface area contributed by atoms with Crippen LogP contribution < -0.4 is 10.6 Å². The van der Waals surface area contributed by atoms with Gasteiger partial charge in [0.05, 0.1) is 0 Å². The minimum atomic E-state index is -0.131. The fourth-order valence-electron chi connectivity index (χ4n) is 2.37. The second-order valence-electron chi connectivity index (χ2n) is 5.96. The van der Waals surface area contributed by atoms with Crippen LogP contribution in [0.3, 0.4) is 0 Å². The van der Waals surface area contributed by atoms with E-state index in [2.05, 4.69) is 10.6 Å². The van der Waals surface area contributed by atoms with Crippen LogP contribution in [0.5, 0.6) is 0 Å². The molecule has 2 heterocycles. The number of nitrogens with one attached hydrogen (secondary N) is 2. The Morgan fingerprint density at radius 1 is 1.40 bits per heavy atom. The maximum absolute atomic E-state index is 11.8. The van der Waals surface area contributed by atoms with Gasteiger partial charge in [0.15, 0.2) is 0 Å². The third kappa shape index (κ3) is 2.25. The van der Waals surface area contributed by atoms with Gasteiger partial charge in [-0.1, -0.05) is 0 Å². The van der Waals surface area contributed by atoms with E-state index in [1.165, 1.54) is 6.42 Å². The maximum atomic E-state index is 11.8. The van der Waals surface area contributed by atoms with E-state index in [0.29, 0.717) is 5.41 Å². The maximum Gasteiger partial charge on any atom is 0.317 e. The van der Waals surface area contributed by atoms with E-state index in [9.17, 15) is 4.79 Å². The molecule has 4 heteroatoms. The average molecular weight is 211 g/mol. The zero-order valence-electron chi connectivity index (χ0n) is 9.89. The van der Waals surface area contributed by atoms with E-state index < -0.39 is 0 Å². The number of amides is 2. The van der Waals surface area contributed by atoms with Crippen LogP contribution in [0.4, 0.5) is 4.79 Å². The van der Waals surface area contributed by atoms with Crippen LogP contribution in [-0.4, -0.2) is 42.6 Å². The monoisotopic (exact) mass is 211 g/mol. The normalized spacial score (nSPS) is 24.1. The van der Waals surface area contributed by atoms with E-state index in [1.807, 2.05) is 25.7 Å². The van der Waals surface area contributed by atoms with Gasteiger partial charge in [-0.25, -0.2) is 4.79 Å². The summed E-state index contributed by atoms with van der Waals surface area (Å²) in [5.74, 6) is 0. The van der Waals surface area contributed by atoms with Crippen molar-refractivity contribution >= 4 is 6.03 Å². The van der Waals surface area contributed by atoms with Crippen molar-refractivity contribution in [3.63, 3.8) is 0 Å². The SMILES string of the molecule is CC(C)(C)NC(=O)N1CC2(CCNC2)C1. The molecule has 0 aromatic carbocycles. The molecule has 0 aromatic rings. The van der Waals surface area contributed by atoms with Gasteiger partial charge in [-0.15, -0.1) is 0 Å². The highest BCUT2D eigenvalue weighted by molar-refractivity contribution is 5.76. The van der Waals surface area contributed by atoms with Crippen molar-refractivity contribution in [1.82, 2.24) is 15.5 Å². The average Bonchev–Trinajstić information content (AvgIpc) is 2.44. The highest BCUT2D eigenvalue weighted by Gasteiger charge is 2.47. The summed E-state index contributed by atoms with van der Waals surface area (Å²) >= 11 is 0. The van der Waals surface area contributed by atoms with Crippen molar-refractivity contribution in [3.8, 4) is 0 Å². The number of likely N-dealkylation sites (tertiary alicyclic amines) is 1.